The van der Waals surface area contributed by atoms with Gasteiger partial charge in [-0.2, -0.15) is 0 Å². The van der Waals surface area contributed by atoms with Crippen molar-refractivity contribution in [2.24, 2.45) is 0 Å². The highest BCUT2D eigenvalue weighted by Gasteiger charge is 2.66. The number of halogens is 2. The Bertz CT molecular complexity index is 497. The van der Waals surface area contributed by atoms with Crippen LogP contribution in [0.2, 0.25) is 0 Å². The third-order valence-electron chi connectivity index (χ3n) is 4.53. The molecular weight excluding hydrogens is 327 g/mol. The van der Waals surface area contributed by atoms with E-state index in [-0.39, 0.29) is 17.2 Å². The van der Waals surface area contributed by atoms with Crippen molar-refractivity contribution in [1.29, 1.82) is 0 Å². The summed E-state index contributed by atoms with van der Waals surface area (Å²) in [6.45, 7) is 7.11. The number of methoxy groups -OCH3 is 2. The van der Waals surface area contributed by atoms with E-state index in [1.54, 1.807) is 6.08 Å². The zero-order chi connectivity index (χ0) is 16.5. The largest absolute Gasteiger partial charge is 0.358 e. The van der Waals surface area contributed by atoms with Crippen LogP contribution in [-0.4, -0.2) is 68.8 Å². The van der Waals surface area contributed by atoms with E-state index in [1.807, 2.05) is 4.90 Å². The van der Waals surface area contributed by atoms with Gasteiger partial charge in [0.2, 0.25) is 11.6 Å². The van der Waals surface area contributed by atoms with Crippen LogP contribution in [0.15, 0.2) is 23.4 Å². The number of rotatable bonds is 5. The number of Topliss-reactive ketones (excluding diaryl/α,β-unsaturated/α-hetero) is 1. The highest BCUT2D eigenvalue weighted by molar-refractivity contribution is 6.53. The summed E-state index contributed by atoms with van der Waals surface area (Å²) in [6.07, 6.45) is 1.78. The van der Waals surface area contributed by atoms with Crippen molar-refractivity contribution >= 4 is 29.0 Å². The molecule has 0 radical (unpaired) electrons. The van der Waals surface area contributed by atoms with Crippen molar-refractivity contribution in [2.45, 2.75) is 17.1 Å². The van der Waals surface area contributed by atoms with Crippen LogP contribution in [0.1, 0.15) is 6.42 Å². The molecule has 1 saturated heterocycles. The van der Waals surface area contributed by atoms with E-state index in [0.717, 1.165) is 26.2 Å². The summed E-state index contributed by atoms with van der Waals surface area (Å²) in [6, 6.07) is 0. The molecule has 7 heteroatoms. The van der Waals surface area contributed by atoms with E-state index in [4.69, 9.17) is 32.7 Å². The van der Waals surface area contributed by atoms with Gasteiger partial charge < -0.3 is 19.3 Å². The molecule has 0 amide bonds. The molecule has 0 bridgehead atoms. The number of alkyl halides is 1. The smallest absolute Gasteiger partial charge is 0.239 e. The second-order valence-corrected chi connectivity index (χ2v) is 6.78. The second-order valence-electron chi connectivity index (χ2n) is 5.75. The highest BCUT2D eigenvalue weighted by atomic mass is 35.5. The Morgan fingerprint density at radius 3 is 2.36 bits per heavy atom. The molecule has 1 atom stereocenters. The molecule has 0 unspecified atom stereocenters. The molecule has 0 saturated carbocycles. The average Bonchev–Trinajstić information content (AvgIpc) is 2.67. The SMILES string of the molecule is C=CC[C@]1(Cl)C(=O)C(Cl)=C(N2CC[NH+](C)CC2)C1(OC)OC. The van der Waals surface area contributed by atoms with Gasteiger partial charge in [-0.25, -0.2) is 0 Å². The normalized spacial score (nSPS) is 29.3. The zero-order valence-electron chi connectivity index (χ0n) is 13.2. The van der Waals surface area contributed by atoms with Crippen LogP contribution in [0.5, 0.6) is 0 Å². The van der Waals surface area contributed by atoms with E-state index in [9.17, 15) is 4.79 Å². The van der Waals surface area contributed by atoms with Gasteiger partial charge in [0.05, 0.1) is 38.9 Å². The Kier molecular flexibility index (Phi) is 5.24. The number of nitrogens with zero attached hydrogens (tertiary/aromatic N) is 1. The summed E-state index contributed by atoms with van der Waals surface area (Å²) in [5, 5.41) is 0.0973. The van der Waals surface area contributed by atoms with Gasteiger partial charge in [-0.15, -0.1) is 18.2 Å². The highest BCUT2D eigenvalue weighted by Crippen LogP contribution is 2.52. The molecule has 1 aliphatic heterocycles. The van der Waals surface area contributed by atoms with Gasteiger partial charge in [0, 0.05) is 14.2 Å². The van der Waals surface area contributed by atoms with Crippen LogP contribution in [0.25, 0.3) is 0 Å². The lowest BCUT2D eigenvalue weighted by atomic mass is 9.93. The quantitative estimate of drug-likeness (QED) is 0.443. The first-order chi connectivity index (χ1) is 10.4. The number of likely N-dealkylation sites (N-methyl/N-ethyl adjacent to an activating group) is 1. The third-order valence-corrected chi connectivity index (χ3v) is 5.46. The summed E-state index contributed by atoms with van der Waals surface area (Å²) in [4.78, 5) is 14.8. The summed E-state index contributed by atoms with van der Waals surface area (Å²) >= 11 is 13.0. The van der Waals surface area contributed by atoms with E-state index in [0.29, 0.717) is 5.70 Å². The Morgan fingerprint density at radius 2 is 1.91 bits per heavy atom. The Labute approximate surface area is 141 Å². The minimum Gasteiger partial charge on any atom is -0.358 e. The van der Waals surface area contributed by atoms with Crippen LogP contribution < -0.4 is 4.90 Å². The van der Waals surface area contributed by atoms with Gasteiger partial charge in [0.25, 0.3) is 0 Å². The predicted molar refractivity (Wildman–Crippen MR) is 86.2 cm³/mol. The summed E-state index contributed by atoms with van der Waals surface area (Å²) in [5.41, 5.74) is 0.536. The minimum absolute atomic E-state index is 0.0973. The number of allylic oxidation sites excluding steroid dienone is 2. The Hall–Kier alpha value is -0.590. The van der Waals surface area contributed by atoms with Crippen LogP contribution in [0.4, 0.5) is 0 Å². The van der Waals surface area contributed by atoms with Crippen molar-refractivity contribution in [3.05, 3.63) is 23.4 Å². The molecule has 1 aliphatic carbocycles. The standard InChI is InChI=1S/C15H22Cl2N2O3/c1-5-6-14(17)13(20)11(16)12(15(14,21-3)22-4)19-9-7-18(2)8-10-19/h5H,1,6-10H2,2-4H3/p+1/t14-/m0/s1. The molecule has 0 aromatic rings. The van der Waals surface area contributed by atoms with Gasteiger partial charge in [0.15, 0.2) is 4.87 Å². The number of ketones is 1. The summed E-state index contributed by atoms with van der Waals surface area (Å²) in [7, 11) is 5.10. The molecule has 0 spiro atoms. The van der Waals surface area contributed by atoms with E-state index in [2.05, 4.69) is 13.6 Å². The number of nitrogens with one attached hydrogen (secondary N) is 1. The number of piperazine rings is 1. The van der Waals surface area contributed by atoms with Crippen LogP contribution >= 0.6 is 23.2 Å². The fourth-order valence-corrected chi connectivity index (χ4v) is 4.15. The van der Waals surface area contributed by atoms with Crippen molar-refractivity contribution in [2.75, 3.05) is 47.4 Å². The van der Waals surface area contributed by atoms with Crippen molar-refractivity contribution < 1.29 is 19.2 Å². The van der Waals surface area contributed by atoms with E-state index < -0.39 is 10.7 Å². The molecule has 1 N–H and O–H groups in total. The molecule has 2 aliphatic rings. The topological polar surface area (TPSA) is 43.2 Å². The maximum atomic E-state index is 12.7. The lowest BCUT2D eigenvalue weighted by Crippen LogP contribution is -3.12. The molecule has 0 aromatic carbocycles. The third kappa shape index (κ3) is 2.39. The van der Waals surface area contributed by atoms with Crippen molar-refractivity contribution in [3.63, 3.8) is 0 Å². The molecule has 2 rings (SSSR count). The van der Waals surface area contributed by atoms with Gasteiger partial charge >= 0.3 is 0 Å². The first kappa shape index (κ1) is 17.8. The summed E-state index contributed by atoms with van der Waals surface area (Å²) < 4.78 is 11.3. The first-order valence-corrected chi connectivity index (χ1v) is 8.05. The average molecular weight is 350 g/mol. The van der Waals surface area contributed by atoms with Crippen LogP contribution in [-0.2, 0) is 14.3 Å². The van der Waals surface area contributed by atoms with Crippen LogP contribution in [0, 0.1) is 0 Å². The summed E-state index contributed by atoms with van der Waals surface area (Å²) in [5.74, 6) is -1.77. The maximum Gasteiger partial charge on any atom is 0.239 e. The molecule has 1 fully saturated rings. The zero-order valence-corrected chi connectivity index (χ0v) is 14.8. The molecule has 1 heterocycles. The number of quaternary nitrogens is 1. The predicted octanol–water partition coefficient (Wildman–Crippen LogP) is 0.393. The molecule has 0 aromatic heterocycles. The van der Waals surface area contributed by atoms with E-state index >= 15 is 0 Å². The van der Waals surface area contributed by atoms with Gasteiger partial charge in [-0.1, -0.05) is 17.7 Å². The Morgan fingerprint density at radius 1 is 1.36 bits per heavy atom. The van der Waals surface area contributed by atoms with Gasteiger partial charge in [-0.3, -0.25) is 4.79 Å². The lowest BCUT2D eigenvalue weighted by Gasteiger charge is -2.44. The lowest BCUT2D eigenvalue weighted by molar-refractivity contribution is -0.884. The van der Waals surface area contributed by atoms with Gasteiger partial charge in [-0.05, 0) is 6.42 Å². The monoisotopic (exact) mass is 349 g/mol. The van der Waals surface area contributed by atoms with Gasteiger partial charge in [0.1, 0.15) is 5.03 Å². The number of hydrogen-bond acceptors (Lipinski definition) is 4. The first-order valence-electron chi connectivity index (χ1n) is 7.29. The number of hydrogen-bond donors (Lipinski definition) is 1. The number of ether oxygens (including phenoxy) is 2. The molecular formula is C15H23Cl2N2O3+. The molecule has 124 valence electrons. The minimum atomic E-state index is -1.43. The second kappa shape index (κ2) is 6.49. The fraction of sp³-hybridized carbons (Fsp3) is 0.667. The van der Waals surface area contributed by atoms with Crippen LogP contribution in [0.3, 0.4) is 0 Å². The molecule has 22 heavy (non-hydrogen) atoms. The maximum absolute atomic E-state index is 12.7. The van der Waals surface area contributed by atoms with Crippen molar-refractivity contribution in [3.8, 4) is 0 Å². The number of carbonyl (C=O) groups excluding carboxylic acids is 1. The van der Waals surface area contributed by atoms with E-state index in [1.165, 1.54) is 19.1 Å². The fourth-order valence-electron chi connectivity index (χ4n) is 3.25. The molecule has 5 nitrogen and oxygen atoms in total. The van der Waals surface area contributed by atoms with Crippen molar-refractivity contribution in [1.82, 2.24) is 4.90 Å². The Balaban J connectivity index is 2.49. The number of carbonyl (C=O) groups is 1.